The minimum absolute atomic E-state index is 0.197. The third kappa shape index (κ3) is 4.82. The van der Waals surface area contributed by atoms with Gasteiger partial charge in [-0.15, -0.1) is 0 Å². The molecular weight excluding hydrogens is 474 g/mol. The summed E-state index contributed by atoms with van der Waals surface area (Å²) in [6.07, 6.45) is 10.1. The highest BCUT2D eigenvalue weighted by molar-refractivity contribution is 6.29. The number of piperidine rings is 3. The van der Waals surface area contributed by atoms with Gasteiger partial charge in [-0.2, -0.15) is 0 Å². The van der Waals surface area contributed by atoms with Gasteiger partial charge in [0.25, 0.3) is 0 Å². The van der Waals surface area contributed by atoms with Crippen molar-refractivity contribution in [1.82, 2.24) is 25.2 Å². The molecule has 7 rings (SSSR count). The SMILES string of the molecule is NC(=O)C(NC1CCC(Nc2cc(-c3c[nH]c4ncccc34)cc(Cl)n2)CC1)C1CN2CCC1CC2. The van der Waals surface area contributed by atoms with E-state index < -0.39 is 0 Å². The van der Waals surface area contributed by atoms with Crippen LogP contribution in [0.5, 0.6) is 0 Å². The van der Waals surface area contributed by atoms with E-state index in [4.69, 9.17) is 17.3 Å². The van der Waals surface area contributed by atoms with Gasteiger partial charge in [-0.3, -0.25) is 4.79 Å². The molecule has 2 bridgehead atoms. The second-order valence-corrected chi connectivity index (χ2v) is 11.1. The van der Waals surface area contributed by atoms with E-state index in [-0.39, 0.29) is 11.9 Å². The normalized spacial score (nSPS) is 28.8. The molecule has 3 aromatic rings. The molecule has 2 unspecified atom stereocenters. The number of anilines is 1. The molecule has 8 nitrogen and oxygen atoms in total. The van der Waals surface area contributed by atoms with Gasteiger partial charge in [0.2, 0.25) is 5.91 Å². The fraction of sp³-hybridized carbons (Fsp3) is 0.519. The number of H-pyrrole nitrogens is 1. The molecule has 0 radical (unpaired) electrons. The number of nitrogens with zero attached hydrogens (tertiary/aromatic N) is 3. The first-order valence-corrected chi connectivity index (χ1v) is 13.6. The van der Waals surface area contributed by atoms with Gasteiger partial charge in [0.05, 0.1) is 6.04 Å². The molecule has 190 valence electrons. The van der Waals surface area contributed by atoms with Gasteiger partial charge < -0.3 is 26.3 Å². The summed E-state index contributed by atoms with van der Waals surface area (Å²) in [6.45, 7) is 3.33. The number of pyridine rings is 2. The molecule has 1 aliphatic carbocycles. The Morgan fingerprint density at radius 2 is 1.92 bits per heavy atom. The third-order valence-electron chi connectivity index (χ3n) is 8.49. The molecule has 0 aromatic carbocycles. The van der Waals surface area contributed by atoms with E-state index in [9.17, 15) is 4.79 Å². The van der Waals surface area contributed by atoms with Crippen LogP contribution in [-0.4, -0.2) is 63.5 Å². The predicted molar refractivity (Wildman–Crippen MR) is 143 cm³/mol. The molecule has 4 fully saturated rings. The highest BCUT2D eigenvalue weighted by Crippen LogP contribution is 2.35. The van der Waals surface area contributed by atoms with E-state index in [1.807, 2.05) is 18.3 Å². The van der Waals surface area contributed by atoms with Crippen LogP contribution in [0, 0.1) is 11.8 Å². The first kappa shape index (κ1) is 23.7. The number of hydrogen-bond donors (Lipinski definition) is 4. The molecule has 3 aliphatic heterocycles. The molecule has 2 atom stereocenters. The lowest BCUT2D eigenvalue weighted by Gasteiger charge is -2.48. The molecule has 6 heterocycles. The molecular formula is C27H34ClN7O. The number of carbonyl (C=O) groups excluding carboxylic acids is 1. The molecule has 1 saturated carbocycles. The Kier molecular flexibility index (Phi) is 6.58. The lowest BCUT2D eigenvalue weighted by atomic mass is 9.74. The Hall–Kier alpha value is -2.68. The van der Waals surface area contributed by atoms with Gasteiger partial charge in [-0.1, -0.05) is 11.6 Å². The summed E-state index contributed by atoms with van der Waals surface area (Å²) in [4.78, 5) is 27.0. The average Bonchev–Trinajstić information content (AvgIpc) is 3.33. The number of nitrogens with one attached hydrogen (secondary N) is 3. The lowest BCUT2D eigenvalue weighted by Crippen LogP contribution is -2.60. The molecule has 3 saturated heterocycles. The summed E-state index contributed by atoms with van der Waals surface area (Å²) < 4.78 is 0. The Morgan fingerprint density at radius 3 is 2.64 bits per heavy atom. The maximum absolute atomic E-state index is 12.4. The predicted octanol–water partition coefficient (Wildman–Crippen LogP) is 3.79. The minimum atomic E-state index is -0.226. The first-order chi connectivity index (χ1) is 17.5. The van der Waals surface area contributed by atoms with E-state index >= 15 is 0 Å². The summed E-state index contributed by atoms with van der Waals surface area (Å²) in [5.74, 6) is 1.55. The van der Waals surface area contributed by atoms with E-state index in [1.54, 1.807) is 6.20 Å². The van der Waals surface area contributed by atoms with Crippen molar-refractivity contribution in [3.8, 4) is 11.1 Å². The van der Waals surface area contributed by atoms with Gasteiger partial charge in [0.1, 0.15) is 16.6 Å². The van der Waals surface area contributed by atoms with Crippen molar-refractivity contribution in [2.75, 3.05) is 25.0 Å². The van der Waals surface area contributed by atoms with Crippen LogP contribution < -0.4 is 16.4 Å². The Balaban J connectivity index is 1.09. The maximum atomic E-state index is 12.4. The molecule has 1 amide bonds. The van der Waals surface area contributed by atoms with Gasteiger partial charge >= 0.3 is 0 Å². The average molecular weight is 508 g/mol. The summed E-state index contributed by atoms with van der Waals surface area (Å²) in [5.41, 5.74) is 8.81. The smallest absolute Gasteiger partial charge is 0.234 e. The van der Waals surface area contributed by atoms with Crippen LogP contribution in [0.3, 0.4) is 0 Å². The van der Waals surface area contributed by atoms with Crippen LogP contribution in [-0.2, 0) is 4.79 Å². The van der Waals surface area contributed by atoms with Crippen LogP contribution >= 0.6 is 11.6 Å². The number of nitrogens with two attached hydrogens (primary N) is 1. The van der Waals surface area contributed by atoms with Crippen LogP contribution in [0.25, 0.3) is 22.2 Å². The Labute approximate surface area is 216 Å². The molecule has 3 aromatic heterocycles. The summed E-state index contributed by atoms with van der Waals surface area (Å²) >= 11 is 6.41. The number of rotatable bonds is 7. The minimum Gasteiger partial charge on any atom is -0.368 e. The van der Waals surface area contributed by atoms with Crippen molar-refractivity contribution in [2.24, 2.45) is 17.6 Å². The quantitative estimate of drug-likeness (QED) is 0.362. The standard InChI is InChI=1S/C27H34ClN7O/c28-23-12-17(21-14-31-27-20(21)2-1-9-30-27)13-24(34-23)32-18-3-5-19(6-4-18)33-25(26(29)36)22-15-35-10-7-16(22)8-11-35/h1-2,9,12-14,16,18-19,22,25,33H,3-8,10-11,15H2,(H2,29,36)(H,30,31)(H,32,34). The Morgan fingerprint density at radius 1 is 1.14 bits per heavy atom. The van der Waals surface area contributed by atoms with E-state index in [2.05, 4.69) is 42.6 Å². The van der Waals surface area contributed by atoms with Crippen LogP contribution in [0.4, 0.5) is 5.82 Å². The number of halogens is 1. The van der Waals surface area contributed by atoms with Crippen molar-refractivity contribution in [3.63, 3.8) is 0 Å². The van der Waals surface area contributed by atoms with Gasteiger partial charge in [-0.25, -0.2) is 9.97 Å². The highest BCUT2D eigenvalue weighted by atomic mass is 35.5. The monoisotopic (exact) mass is 507 g/mol. The molecule has 5 N–H and O–H groups in total. The highest BCUT2D eigenvalue weighted by Gasteiger charge is 2.41. The molecule has 0 spiro atoms. The van der Waals surface area contributed by atoms with Crippen molar-refractivity contribution in [3.05, 3.63) is 41.8 Å². The number of aromatic nitrogens is 3. The topological polar surface area (TPSA) is 112 Å². The largest absolute Gasteiger partial charge is 0.368 e. The fourth-order valence-electron chi connectivity index (χ4n) is 6.59. The van der Waals surface area contributed by atoms with E-state index in [1.165, 1.54) is 25.9 Å². The zero-order valence-electron chi connectivity index (χ0n) is 20.4. The van der Waals surface area contributed by atoms with Crippen molar-refractivity contribution in [2.45, 2.75) is 56.7 Å². The van der Waals surface area contributed by atoms with Gasteiger partial charge in [-0.05, 0) is 93.3 Å². The number of aromatic amines is 1. The van der Waals surface area contributed by atoms with Crippen LogP contribution in [0.15, 0.2) is 36.7 Å². The van der Waals surface area contributed by atoms with Gasteiger partial charge in [0, 0.05) is 42.0 Å². The second kappa shape index (κ2) is 10.00. The number of hydrogen-bond acceptors (Lipinski definition) is 6. The van der Waals surface area contributed by atoms with Crippen molar-refractivity contribution < 1.29 is 4.79 Å². The molecule has 9 heteroatoms. The number of carbonyl (C=O) groups is 1. The van der Waals surface area contributed by atoms with E-state index in [0.717, 1.165) is 60.2 Å². The van der Waals surface area contributed by atoms with Crippen LogP contribution in [0.1, 0.15) is 38.5 Å². The lowest BCUT2D eigenvalue weighted by molar-refractivity contribution is -0.124. The van der Waals surface area contributed by atoms with Gasteiger partial charge in [0.15, 0.2) is 0 Å². The number of fused-ring (bicyclic) bond motifs is 4. The van der Waals surface area contributed by atoms with Crippen molar-refractivity contribution >= 4 is 34.4 Å². The summed E-state index contributed by atoms with van der Waals surface area (Å²) in [5, 5.41) is 8.80. The Bertz CT molecular complexity index is 1230. The third-order valence-corrected chi connectivity index (χ3v) is 8.69. The summed E-state index contributed by atoms with van der Waals surface area (Å²) in [6, 6.07) is 8.35. The van der Waals surface area contributed by atoms with E-state index in [0.29, 0.717) is 29.1 Å². The van der Waals surface area contributed by atoms with Crippen LogP contribution in [0.2, 0.25) is 5.15 Å². The number of amides is 1. The maximum Gasteiger partial charge on any atom is 0.234 e. The zero-order valence-corrected chi connectivity index (χ0v) is 21.2. The summed E-state index contributed by atoms with van der Waals surface area (Å²) in [7, 11) is 0. The second-order valence-electron chi connectivity index (χ2n) is 10.7. The molecule has 4 aliphatic rings. The first-order valence-electron chi connectivity index (χ1n) is 13.2. The number of primary amides is 1. The van der Waals surface area contributed by atoms with Crippen molar-refractivity contribution in [1.29, 1.82) is 0 Å². The molecule has 36 heavy (non-hydrogen) atoms. The zero-order chi connectivity index (χ0) is 24.6. The fourth-order valence-corrected chi connectivity index (χ4v) is 6.80.